The molecule has 5 heteroatoms. The second kappa shape index (κ2) is 7.03. The number of phenols is 1. The predicted molar refractivity (Wildman–Crippen MR) is 98.9 cm³/mol. The summed E-state index contributed by atoms with van der Waals surface area (Å²) in [6.07, 6.45) is 3.36. The molecule has 0 unspecified atom stereocenters. The molecular weight excluding hydrogens is 326 g/mol. The van der Waals surface area contributed by atoms with Gasteiger partial charge in [-0.15, -0.1) is 0 Å². The SMILES string of the molecule is Oc1ccccc1-c1ccnc(-c2cccc(Oc3ccccn3)n2)c1. The summed E-state index contributed by atoms with van der Waals surface area (Å²) in [5.41, 5.74) is 2.98. The van der Waals surface area contributed by atoms with Gasteiger partial charge >= 0.3 is 0 Å². The van der Waals surface area contributed by atoms with Gasteiger partial charge in [-0.3, -0.25) is 4.98 Å². The van der Waals surface area contributed by atoms with Crippen LogP contribution >= 0.6 is 0 Å². The van der Waals surface area contributed by atoms with E-state index in [2.05, 4.69) is 15.0 Å². The minimum absolute atomic E-state index is 0.227. The van der Waals surface area contributed by atoms with E-state index >= 15 is 0 Å². The van der Waals surface area contributed by atoms with Crippen molar-refractivity contribution >= 4 is 0 Å². The second-order valence-corrected chi connectivity index (χ2v) is 5.58. The molecule has 4 rings (SSSR count). The van der Waals surface area contributed by atoms with Gasteiger partial charge in [-0.1, -0.05) is 30.3 Å². The van der Waals surface area contributed by atoms with Gasteiger partial charge in [0.15, 0.2) is 0 Å². The highest BCUT2D eigenvalue weighted by molar-refractivity contribution is 5.73. The number of aromatic nitrogens is 3. The lowest BCUT2D eigenvalue weighted by atomic mass is 10.0. The molecule has 4 aromatic rings. The number of hydrogen-bond acceptors (Lipinski definition) is 5. The van der Waals surface area contributed by atoms with Crippen LogP contribution in [-0.4, -0.2) is 20.1 Å². The fraction of sp³-hybridized carbons (Fsp3) is 0. The number of rotatable bonds is 4. The van der Waals surface area contributed by atoms with Gasteiger partial charge in [-0.2, -0.15) is 0 Å². The summed E-state index contributed by atoms with van der Waals surface area (Å²) in [5, 5.41) is 10.1. The number of ether oxygens (including phenoxy) is 1. The van der Waals surface area contributed by atoms with Crippen LogP contribution in [0.4, 0.5) is 0 Å². The summed E-state index contributed by atoms with van der Waals surface area (Å²) >= 11 is 0. The molecule has 0 aliphatic rings. The Hall–Kier alpha value is -3.73. The van der Waals surface area contributed by atoms with Crippen LogP contribution in [0.2, 0.25) is 0 Å². The van der Waals surface area contributed by atoms with E-state index in [1.165, 1.54) is 0 Å². The van der Waals surface area contributed by atoms with Gasteiger partial charge in [-0.25, -0.2) is 9.97 Å². The highest BCUT2D eigenvalue weighted by atomic mass is 16.5. The molecule has 0 bridgehead atoms. The van der Waals surface area contributed by atoms with Crippen LogP contribution in [0.15, 0.2) is 85.2 Å². The van der Waals surface area contributed by atoms with E-state index in [0.29, 0.717) is 23.1 Å². The number of nitrogens with zero attached hydrogens (tertiary/aromatic N) is 3. The lowest BCUT2D eigenvalue weighted by molar-refractivity contribution is 0.445. The number of phenolic OH excluding ortho intramolecular Hbond substituents is 1. The zero-order chi connectivity index (χ0) is 17.8. The first-order valence-electron chi connectivity index (χ1n) is 8.10. The maximum Gasteiger partial charge on any atom is 0.221 e. The average Bonchev–Trinajstić information content (AvgIpc) is 2.69. The molecule has 126 valence electrons. The largest absolute Gasteiger partial charge is 0.507 e. The van der Waals surface area contributed by atoms with E-state index in [1.54, 1.807) is 36.7 Å². The third-order valence-electron chi connectivity index (χ3n) is 3.81. The molecule has 0 fully saturated rings. The summed E-state index contributed by atoms with van der Waals surface area (Å²) in [6, 6.07) is 21.9. The molecule has 0 atom stereocenters. The third-order valence-corrected chi connectivity index (χ3v) is 3.81. The summed E-state index contributed by atoms with van der Waals surface area (Å²) in [5.74, 6) is 1.15. The van der Waals surface area contributed by atoms with Gasteiger partial charge in [0.25, 0.3) is 0 Å². The van der Waals surface area contributed by atoms with Crippen molar-refractivity contribution in [1.82, 2.24) is 15.0 Å². The van der Waals surface area contributed by atoms with Crippen LogP contribution in [0.1, 0.15) is 0 Å². The van der Waals surface area contributed by atoms with Crippen LogP contribution in [0.5, 0.6) is 17.5 Å². The van der Waals surface area contributed by atoms with E-state index in [9.17, 15) is 5.11 Å². The van der Waals surface area contributed by atoms with Crippen molar-refractivity contribution in [2.24, 2.45) is 0 Å². The van der Waals surface area contributed by atoms with Gasteiger partial charge in [0, 0.05) is 30.1 Å². The van der Waals surface area contributed by atoms with E-state index in [0.717, 1.165) is 11.1 Å². The quantitative estimate of drug-likeness (QED) is 0.582. The Morgan fingerprint density at radius 2 is 1.54 bits per heavy atom. The number of benzene rings is 1. The molecule has 0 aliphatic carbocycles. The standard InChI is InChI=1S/C21H15N3O2/c25-19-8-2-1-6-16(19)15-11-13-22-18(14-15)17-7-5-10-21(24-17)26-20-9-3-4-12-23-20/h1-14,25H. The molecule has 0 amide bonds. The third kappa shape index (κ3) is 3.37. The smallest absolute Gasteiger partial charge is 0.221 e. The monoisotopic (exact) mass is 341 g/mol. The zero-order valence-corrected chi connectivity index (χ0v) is 13.8. The van der Waals surface area contributed by atoms with Crippen LogP contribution < -0.4 is 4.74 Å². The van der Waals surface area contributed by atoms with Crippen LogP contribution in [0.25, 0.3) is 22.5 Å². The molecule has 0 radical (unpaired) electrons. The predicted octanol–water partition coefficient (Wildman–Crippen LogP) is 4.70. The molecule has 1 aromatic carbocycles. The molecule has 26 heavy (non-hydrogen) atoms. The summed E-state index contributed by atoms with van der Waals surface area (Å²) in [6.45, 7) is 0. The molecule has 0 aliphatic heterocycles. The lowest BCUT2D eigenvalue weighted by Gasteiger charge is -2.08. The Labute approximate surface area is 150 Å². The summed E-state index contributed by atoms with van der Waals surface area (Å²) in [4.78, 5) is 13.0. The fourth-order valence-corrected chi connectivity index (χ4v) is 2.58. The van der Waals surface area contributed by atoms with Gasteiger partial charge in [0.05, 0.1) is 11.4 Å². The number of pyridine rings is 3. The highest BCUT2D eigenvalue weighted by Gasteiger charge is 2.08. The normalized spacial score (nSPS) is 10.5. The average molecular weight is 341 g/mol. The van der Waals surface area contributed by atoms with Crippen LogP contribution in [-0.2, 0) is 0 Å². The molecule has 0 spiro atoms. The summed E-state index contributed by atoms with van der Waals surface area (Å²) < 4.78 is 5.68. The van der Waals surface area contributed by atoms with Crippen molar-refractivity contribution in [3.8, 4) is 40.0 Å². The molecule has 0 saturated heterocycles. The van der Waals surface area contributed by atoms with E-state index in [-0.39, 0.29) is 5.75 Å². The highest BCUT2D eigenvalue weighted by Crippen LogP contribution is 2.30. The van der Waals surface area contributed by atoms with Gasteiger partial charge in [-0.05, 0) is 35.9 Å². The van der Waals surface area contributed by atoms with Crippen LogP contribution in [0.3, 0.4) is 0 Å². The van der Waals surface area contributed by atoms with Crippen molar-refractivity contribution in [1.29, 1.82) is 0 Å². The van der Waals surface area contributed by atoms with E-state index in [1.807, 2.05) is 48.5 Å². The Morgan fingerprint density at radius 3 is 2.38 bits per heavy atom. The first kappa shape index (κ1) is 15.8. The van der Waals surface area contributed by atoms with Crippen molar-refractivity contribution in [3.05, 3.63) is 85.2 Å². The van der Waals surface area contributed by atoms with E-state index < -0.39 is 0 Å². The first-order valence-corrected chi connectivity index (χ1v) is 8.10. The molecule has 0 saturated carbocycles. The van der Waals surface area contributed by atoms with Crippen molar-refractivity contribution in [2.75, 3.05) is 0 Å². The minimum atomic E-state index is 0.227. The van der Waals surface area contributed by atoms with E-state index in [4.69, 9.17) is 4.74 Å². The molecule has 5 nitrogen and oxygen atoms in total. The Bertz CT molecular complexity index is 1040. The van der Waals surface area contributed by atoms with Crippen molar-refractivity contribution in [3.63, 3.8) is 0 Å². The minimum Gasteiger partial charge on any atom is -0.507 e. The summed E-state index contributed by atoms with van der Waals surface area (Å²) in [7, 11) is 0. The topological polar surface area (TPSA) is 68.1 Å². The molecule has 3 heterocycles. The Balaban J connectivity index is 1.67. The molecule has 1 N–H and O–H groups in total. The first-order chi connectivity index (χ1) is 12.8. The number of aromatic hydroxyl groups is 1. The van der Waals surface area contributed by atoms with Gasteiger partial charge in [0.2, 0.25) is 11.8 Å². The van der Waals surface area contributed by atoms with Crippen LogP contribution in [0, 0.1) is 0 Å². The molecular formula is C21H15N3O2. The maximum absolute atomic E-state index is 10.1. The lowest BCUT2D eigenvalue weighted by Crippen LogP contribution is -1.93. The molecule has 3 aromatic heterocycles. The van der Waals surface area contributed by atoms with Gasteiger partial charge in [0.1, 0.15) is 5.75 Å². The van der Waals surface area contributed by atoms with Crippen molar-refractivity contribution in [2.45, 2.75) is 0 Å². The van der Waals surface area contributed by atoms with Gasteiger partial charge < -0.3 is 9.84 Å². The Morgan fingerprint density at radius 1 is 0.692 bits per heavy atom. The fourth-order valence-electron chi connectivity index (χ4n) is 2.58. The zero-order valence-electron chi connectivity index (χ0n) is 13.8. The van der Waals surface area contributed by atoms with Crippen molar-refractivity contribution < 1.29 is 9.84 Å². The number of hydrogen-bond donors (Lipinski definition) is 1. The second-order valence-electron chi connectivity index (χ2n) is 5.58. The Kier molecular flexibility index (Phi) is 4.26. The number of para-hydroxylation sites is 1. The maximum atomic E-state index is 10.1.